The molecule has 0 spiro atoms. The van der Waals surface area contributed by atoms with Crippen LogP contribution in [0.3, 0.4) is 0 Å². The van der Waals surface area contributed by atoms with Crippen LogP contribution in [0.4, 0.5) is 5.69 Å². The van der Waals surface area contributed by atoms with Crippen molar-refractivity contribution >= 4 is 28.5 Å². The predicted octanol–water partition coefficient (Wildman–Crippen LogP) is 2.30. The number of rotatable bonds is 1. The molecule has 0 aliphatic carbocycles. The van der Waals surface area contributed by atoms with E-state index >= 15 is 0 Å². The molecule has 1 aliphatic heterocycles. The lowest BCUT2D eigenvalue weighted by molar-refractivity contribution is -0.116. The minimum atomic E-state index is -0.193. The van der Waals surface area contributed by atoms with Gasteiger partial charge in [0.1, 0.15) is 0 Å². The monoisotopic (exact) mass is 245 g/mol. The summed E-state index contributed by atoms with van der Waals surface area (Å²) in [4.78, 5) is 17.3. The van der Waals surface area contributed by atoms with E-state index in [1.807, 2.05) is 38.1 Å². The van der Waals surface area contributed by atoms with Gasteiger partial charge in [-0.1, -0.05) is 30.0 Å². The summed E-state index contributed by atoms with van der Waals surface area (Å²) in [5.41, 5.74) is 1.78. The maximum absolute atomic E-state index is 12.1. The molecule has 1 aliphatic rings. The summed E-state index contributed by atoms with van der Waals surface area (Å²) in [6.45, 7) is 3.75. The lowest BCUT2D eigenvalue weighted by Crippen LogP contribution is -2.31. The summed E-state index contributed by atoms with van der Waals surface area (Å²) in [5.74, 6) is -0.0294. The number of para-hydroxylation sites is 1. The molecule has 1 atom stereocenters. The molecule has 1 heterocycles. The first kappa shape index (κ1) is 11.7. The molecule has 17 heavy (non-hydrogen) atoms. The molecule has 1 aromatic carbocycles. The van der Waals surface area contributed by atoms with Crippen LogP contribution in [0.15, 0.2) is 29.3 Å². The molecule has 2 rings (SSSR count). The van der Waals surface area contributed by atoms with Gasteiger partial charge in [-0.05, 0) is 25.5 Å². The van der Waals surface area contributed by atoms with Crippen LogP contribution in [0.2, 0.25) is 0 Å². The quantitative estimate of drug-likeness (QED) is 0.713. The molecule has 1 saturated heterocycles. The second-order valence-corrected chi connectivity index (χ2v) is 5.02. The molecule has 0 radical (unpaired) electrons. The smallest absolute Gasteiger partial charge is 0.246 e. The number of amides is 1. The molecule has 0 bridgehead atoms. The van der Waals surface area contributed by atoms with E-state index in [-0.39, 0.29) is 11.2 Å². The Labute approximate surface area is 104 Å². The van der Waals surface area contributed by atoms with Gasteiger partial charge in [0, 0.05) is 0 Å². The first-order chi connectivity index (χ1) is 8.15. The standard InChI is InChI=1S/C12H11N3OS/c1-8-5-3-4-6-10(8)15-11(16)9(2)17-12(15)14-7-13/h3-6,9H,1-2H3. The zero-order valence-electron chi connectivity index (χ0n) is 9.54. The van der Waals surface area contributed by atoms with E-state index in [1.165, 1.54) is 16.7 Å². The summed E-state index contributed by atoms with van der Waals surface area (Å²) in [7, 11) is 0. The highest BCUT2D eigenvalue weighted by Gasteiger charge is 2.36. The molecule has 1 unspecified atom stereocenters. The Hall–Kier alpha value is -1.80. The number of hydrogen-bond donors (Lipinski definition) is 0. The number of aryl methyl sites for hydroxylation is 1. The lowest BCUT2D eigenvalue weighted by atomic mass is 10.2. The first-order valence-corrected chi connectivity index (χ1v) is 6.06. The van der Waals surface area contributed by atoms with E-state index in [0.717, 1.165) is 11.3 Å². The van der Waals surface area contributed by atoms with Crippen molar-refractivity contribution in [2.45, 2.75) is 19.1 Å². The van der Waals surface area contributed by atoms with Crippen molar-refractivity contribution in [1.29, 1.82) is 5.26 Å². The normalized spacial score (nSPS) is 21.9. The van der Waals surface area contributed by atoms with Crippen molar-refractivity contribution in [3.63, 3.8) is 0 Å². The highest BCUT2D eigenvalue weighted by atomic mass is 32.2. The highest BCUT2D eigenvalue weighted by Crippen LogP contribution is 2.33. The van der Waals surface area contributed by atoms with Crippen molar-refractivity contribution in [2.75, 3.05) is 4.90 Å². The fourth-order valence-corrected chi connectivity index (χ4v) is 2.60. The van der Waals surface area contributed by atoms with Crippen LogP contribution in [-0.2, 0) is 4.79 Å². The van der Waals surface area contributed by atoms with Crippen LogP contribution in [0, 0.1) is 18.4 Å². The Balaban J connectivity index is 2.50. The molecule has 0 aromatic heterocycles. The highest BCUT2D eigenvalue weighted by molar-refractivity contribution is 8.16. The zero-order valence-corrected chi connectivity index (χ0v) is 10.4. The topological polar surface area (TPSA) is 56.5 Å². The van der Waals surface area contributed by atoms with Gasteiger partial charge in [-0.15, -0.1) is 4.99 Å². The number of thioether (sulfide) groups is 1. The van der Waals surface area contributed by atoms with Crippen molar-refractivity contribution in [3.8, 4) is 6.19 Å². The second-order valence-electron chi connectivity index (χ2n) is 3.71. The molecule has 1 aromatic rings. The molecule has 5 heteroatoms. The van der Waals surface area contributed by atoms with Crippen molar-refractivity contribution in [1.82, 2.24) is 0 Å². The summed E-state index contributed by atoms with van der Waals surface area (Å²) in [6, 6.07) is 7.57. The van der Waals surface area contributed by atoms with Crippen molar-refractivity contribution < 1.29 is 4.79 Å². The number of amidine groups is 1. The minimum Gasteiger partial charge on any atom is -0.273 e. The minimum absolute atomic E-state index is 0.0294. The van der Waals surface area contributed by atoms with Crippen LogP contribution in [0.5, 0.6) is 0 Å². The average Bonchev–Trinajstić information content (AvgIpc) is 2.57. The van der Waals surface area contributed by atoms with Gasteiger partial charge in [0.2, 0.25) is 12.1 Å². The van der Waals surface area contributed by atoms with E-state index in [4.69, 9.17) is 5.26 Å². The second kappa shape index (κ2) is 4.60. The predicted molar refractivity (Wildman–Crippen MR) is 68.8 cm³/mol. The Morgan fingerprint density at radius 1 is 1.47 bits per heavy atom. The summed E-state index contributed by atoms with van der Waals surface area (Å²) in [6.07, 6.45) is 1.74. The third-order valence-electron chi connectivity index (χ3n) is 2.54. The fraction of sp³-hybridized carbons (Fsp3) is 0.250. The molecular formula is C12H11N3OS. The maximum atomic E-state index is 12.1. The third kappa shape index (κ3) is 2.04. The SMILES string of the molecule is Cc1ccccc1N1C(=O)C(C)SC1=NC#N. The molecule has 0 N–H and O–H groups in total. The number of aliphatic imine (C=N–C) groups is 1. The van der Waals surface area contributed by atoms with Gasteiger partial charge in [-0.3, -0.25) is 9.69 Å². The number of anilines is 1. The van der Waals surface area contributed by atoms with Gasteiger partial charge < -0.3 is 0 Å². The van der Waals surface area contributed by atoms with E-state index in [9.17, 15) is 4.79 Å². The molecule has 4 nitrogen and oxygen atoms in total. The number of carbonyl (C=O) groups excluding carboxylic acids is 1. The van der Waals surface area contributed by atoms with Gasteiger partial charge in [0.15, 0.2) is 5.17 Å². The van der Waals surface area contributed by atoms with Gasteiger partial charge in [0.25, 0.3) is 0 Å². The Bertz CT molecular complexity index is 533. The van der Waals surface area contributed by atoms with Crippen LogP contribution < -0.4 is 4.90 Å². The lowest BCUT2D eigenvalue weighted by Gasteiger charge is -2.17. The summed E-state index contributed by atoms with van der Waals surface area (Å²) >= 11 is 1.31. The van der Waals surface area contributed by atoms with Gasteiger partial charge in [-0.2, -0.15) is 5.26 Å². The summed E-state index contributed by atoms with van der Waals surface area (Å²) < 4.78 is 0. The third-order valence-corrected chi connectivity index (χ3v) is 3.58. The molecule has 0 saturated carbocycles. The number of nitriles is 1. The first-order valence-electron chi connectivity index (χ1n) is 5.18. The molecule has 86 valence electrons. The Kier molecular flexibility index (Phi) is 3.16. The number of carbonyl (C=O) groups is 1. The van der Waals surface area contributed by atoms with Gasteiger partial charge in [0.05, 0.1) is 10.9 Å². The molecule has 1 amide bonds. The summed E-state index contributed by atoms with van der Waals surface area (Å²) in [5, 5.41) is 8.91. The van der Waals surface area contributed by atoms with Crippen LogP contribution in [-0.4, -0.2) is 16.3 Å². The van der Waals surface area contributed by atoms with Crippen molar-refractivity contribution in [3.05, 3.63) is 29.8 Å². The van der Waals surface area contributed by atoms with E-state index in [1.54, 1.807) is 6.19 Å². The van der Waals surface area contributed by atoms with E-state index in [0.29, 0.717) is 5.17 Å². The zero-order chi connectivity index (χ0) is 12.4. The largest absolute Gasteiger partial charge is 0.273 e. The van der Waals surface area contributed by atoms with Crippen LogP contribution in [0.1, 0.15) is 12.5 Å². The molecular weight excluding hydrogens is 234 g/mol. The van der Waals surface area contributed by atoms with Crippen LogP contribution >= 0.6 is 11.8 Å². The number of hydrogen-bond acceptors (Lipinski definition) is 4. The van der Waals surface area contributed by atoms with E-state index < -0.39 is 0 Å². The molecule has 1 fully saturated rings. The fourth-order valence-electron chi connectivity index (χ4n) is 1.69. The Morgan fingerprint density at radius 2 is 2.18 bits per heavy atom. The van der Waals surface area contributed by atoms with Gasteiger partial charge in [-0.25, -0.2) is 0 Å². The van der Waals surface area contributed by atoms with Crippen molar-refractivity contribution in [2.24, 2.45) is 4.99 Å². The average molecular weight is 245 g/mol. The number of benzene rings is 1. The Morgan fingerprint density at radius 3 is 2.82 bits per heavy atom. The van der Waals surface area contributed by atoms with E-state index in [2.05, 4.69) is 4.99 Å². The van der Waals surface area contributed by atoms with Gasteiger partial charge >= 0.3 is 0 Å². The van der Waals surface area contributed by atoms with Crippen LogP contribution in [0.25, 0.3) is 0 Å². The maximum Gasteiger partial charge on any atom is 0.246 e. The number of nitrogens with zero attached hydrogens (tertiary/aromatic N) is 3.